The van der Waals surface area contributed by atoms with Crippen LogP contribution in [-0.2, 0) is 0 Å². The highest BCUT2D eigenvalue weighted by atomic mass is 32.1. The smallest absolute Gasteiger partial charge is 0.216 e. The lowest BCUT2D eigenvalue weighted by Crippen LogP contribution is -1.96. The van der Waals surface area contributed by atoms with Crippen LogP contribution in [0.15, 0.2) is 46.9 Å². The zero-order valence-corrected chi connectivity index (χ0v) is 13.5. The third-order valence-electron chi connectivity index (χ3n) is 2.90. The second-order valence-electron chi connectivity index (χ2n) is 4.39. The van der Waals surface area contributed by atoms with Gasteiger partial charge in [-0.05, 0) is 42.7 Å². The predicted octanol–water partition coefficient (Wildman–Crippen LogP) is 3.95. The first-order valence-electron chi connectivity index (χ1n) is 6.76. The van der Waals surface area contributed by atoms with Gasteiger partial charge in [-0.15, -0.1) is 11.3 Å². The summed E-state index contributed by atoms with van der Waals surface area (Å²) in [5, 5.41) is 13.5. The maximum atomic E-state index is 5.52. The van der Waals surface area contributed by atoms with Crippen molar-refractivity contribution in [3.05, 3.63) is 51.4 Å². The average Bonchev–Trinajstić information content (AvgIpc) is 3.15. The third kappa shape index (κ3) is 3.15. The number of ether oxygens (including phenoxy) is 1. The van der Waals surface area contributed by atoms with Crippen molar-refractivity contribution in [2.24, 2.45) is 5.10 Å². The van der Waals surface area contributed by atoms with Crippen LogP contribution in [0.4, 0.5) is 0 Å². The molecule has 0 unspecified atom stereocenters. The monoisotopic (exact) mass is 330 g/mol. The minimum Gasteiger partial charge on any atom is -0.494 e. The van der Waals surface area contributed by atoms with Crippen molar-refractivity contribution >= 4 is 29.8 Å². The first kappa shape index (κ1) is 14.7. The minimum absolute atomic E-state index is 0.449. The van der Waals surface area contributed by atoms with Gasteiger partial charge in [-0.2, -0.15) is 14.9 Å². The number of H-pyrrole nitrogens is 1. The number of nitrogens with zero attached hydrogens (tertiary/aromatic N) is 3. The fraction of sp³-hybridized carbons (Fsp3) is 0.133. The molecule has 0 fully saturated rings. The molecule has 5 nitrogen and oxygen atoms in total. The molecule has 112 valence electrons. The molecule has 0 radical (unpaired) electrons. The first-order valence-corrected chi connectivity index (χ1v) is 8.05. The van der Waals surface area contributed by atoms with Crippen molar-refractivity contribution < 1.29 is 4.74 Å². The standard InChI is InChI=1S/C15H14N4OS2/c1-2-20-12-6-3-5-11(9-12)14-17-18-15(21)19(14)16-10-13-7-4-8-22-13/h3-10H,2H2,1H3,(H,18,21)/b16-10+. The third-order valence-corrected chi connectivity index (χ3v) is 3.97. The fourth-order valence-corrected chi connectivity index (χ4v) is 2.72. The van der Waals surface area contributed by atoms with Crippen LogP contribution in [0.1, 0.15) is 11.8 Å². The molecule has 1 N–H and O–H groups in total. The molecule has 22 heavy (non-hydrogen) atoms. The molecule has 0 atom stereocenters. The van der Waals surface area contributed by atoms with Gasteiger partial charge in [-0.25, -0.2) is 5.10 Å². The fourth-order valence-electron chi connectivity index (χ4n) is 1.96. The van der Waals surface area contributed by atoms with Crippen LogP contribution in [0.3, 0.4) is 0 Å². The number of benzene rings is 1. The molecule has 0 spiro atoms. The Morgan fingerprint density at radius 2 is 2.32 bits per heavy atom. The van der Waals surface area contributed by atoms with E-state index in [4.69, 9.17) is 17.0 Å². The van der Waals surface area contributed by atoms with Gasteiger partial charge in [0.2, 0.25) is 4.77 Å². The van der Waals surface area contributed by atoms with E-state index in [0.29, 0.717) is 17.2 Å². The number of rotatable bonds is 5. The highest BCUT2D eigenvalue weighted by Crippen LogP contribution is 2.22. The highest BCUT2D eigenvalue weighted by molar-refractivity contribution is 7.71. The SMILES string of the molecule is CCOc1cccc(-c2n[nH]c(=S)n2/N=C/c2cccs2)c1. The van der Waals surface area contributed by atoms with E-state index in [1.165, 1.54) is 0 Å². The Kier molecular flexibility index (Phi) is 4.45. The zero-order valence-electron chi connectivity index (χ0n) is 11.9. The topological polar surface area (TPSA) is 55.2 Å². The first-order chi connectivity index (χ1) is 10.8. The van der Waals surface area contributed by atoms with Crippen molar-refractivity contribution in [2.75, 3.05) is 6.61 Å². The largest absolute Gasteiger partial charge is 0.494 e. The Balaban J connectivity index is 1.98. The molecule has 0 aliphatic heterocycles. The van der Waals surface area contributed by atoms with Gasteiger partial charge in [0.1, 0.15) is 5.75 Å². The van der Waals surface area contributed by atoms with Crippen LogP contribution >= 0.6 is 23.6 Å². The van der Waals surface area contributed by atoms with E-state index in [0.717, 1.165) is 16.2 Å². The molecule has 0 bridgehead atoms. The van der Waals surface area contributed by atoms with Gasteiger partial charge >= 0.3 is 0 Å². The average molecular weight is 330 g/mol. The van der Waals surface area contributed by atoms with Crippen LogP contribution < -0.4 is 4.74 Å². The summed E-state index contributed by atoms with van der Waals surface area (Å²) in [6.45, 7) is 2.57. The number of hydrogen-bond acceptors (Lipinski definition) is 5. The van der Waals surface area contributed by atoms with E-state index in [2.05, 4.69) is 15.3 Å². The second kappa shape index (κ2) is 6.67. The summed E-state index contributed by atoms with van der Waals surface area (Å²) < 4.78 is 7.58. The van der Waals surface area contributed by atoms with E-state index in [9.17, 15) is 0 Å². The van der Waals surface area contributed by atoms with Gasteiger partial charge in [0.15, 0.2) is 5.82 Å². The maximum Gasteiger partial charge on any atom is 0.216 e. The van der Waals surface area contributed by atoms with Gasteiger partial charge in [-0.3, -0.25) is 0 Å². The number of thiophene rings is 1. The van der Waals surface area contributed by atoms with Crippen LogP contribution in [0.25, 0.3) is 11.4 Å². The molecule has 0 saturated heterocycles. The van der Waals surface area contributed by atoms with Crippen LogP contribution in [0.2, 0.25) is 0 Å². The number of nitrogens with one attached hydrogen (secondary N) is 1. The van der Waals surface area contributed by atoms with E-state index in [1.807, 2.05) is 48.7 Å². The van der Waals surface area contributed by atoms with Crippen molar-refractivity contribution in [2.45, 2.75) is 6.92 Å². The summed E-state index contributed by atoms with van der Waals surface area (Å²) in [4.78, 5) is 1.05. The van der Waals surface area contributed by atoms with E-state index < -0.39 is 0 Å². The van der Waals surface area contributed by atoms with E-state index in [1.54, 1.807) is 22.2 Å². The summed E-state index contributed by atoms with van der Waals surface area (Å²) in [6, 6.07) is 11.7. The quantitative estimate of drug-likeness (QED) is 0.569. The van der Waals surface area contributed by atoms with Gasteiger partial charge in [0, 0.05) is 10.4 Å². The normalized spacial score (nSPS) is 11.1. The number of aromatic amines is 1. The highest BCUT2D eigenvalue weighted by Gasteiger charge is 2.09. The minimum atomic E-state index is 0.449. The van der Waals surface area contributed by atoms with Crippen molar-refractivity contribution in [3.8, 4) is 17.1 Å². The Bertz CT molecular complexity index is 833. The Morgan fingerprint density at radius 3 is 3.09 bits per heavy atom. The van der Waals surface area contributed by atoms with Crippen LogP contribution in [0.5, 0.6) is 5.75 Å². The molecule has 1 aromatic carbocycles. The van der Waals surface area contributed by atoms with E-state index >= 15 is 0 Å². The van der Waals surface area contributed by atoms with Crippen LogP contribution in [0, 0.1) is 4.77 Å². The molecule has 0 aliphatic rings. The van der Waals surface area contributed by atoms with Gasteiger partial charge in [0.05, 0.1) is 12.8 Å². The van der Waals surface area contributed by atoms with Crippen molar-refractivity contribution in [1.29, 1.82) is 0 Å². The number of hydrogen-bond donors (Lipinski definition) is 1. The summed E-state index contributed by atoms with van der Waals surface area (Å²) in [7, 11) is 0. The molecule has 3 rings (SSSR count). The van der Waals surface area contributed by atoms with Gasteiger partial charge in [0.25, 0.3) is 0 Å². The molecule has 7 heteroatoms. The van der Waals surface area contributed by atoms with E-state index in [-0.39, 0.29) is 0 Å². The zero-order chi connectivity index (χ0) is 15.4. The molecular weight excluding hydrogens is 316 g/mol. The summed E-state index contributed by atoms with van der Waals surface area (Å²) in [5.41, 5.74) is 0.890. The molecule has 0 saturated carbocycles. The summed E-state index contributed by atoms with van der Waals surface area (Å²) in [6.07, 6.45) is 1.77. The molecule has 2 aromatic heterocycles. The number of aromatic nitrogens is 3. The summed E-state index contributed by atoms with van der Waals surface area (Å²) in [5.74, 6) is 1.45. The molecule has 2 heterocycles. The molecule has 0 amide bonds. The lowest BCUT2D eigenvalue weighted by Gasteiger charge is -2.05. The van der Waals surface area contributed by atoms with Gasteiger partial charge < -0.3 is 4.74 Å². The Morgan fingerprint density at radius 1 is 1.41 bits per heavy atom. The molecule has 3 aromatic rings. The Hall–Kier alpha value is -2.25. The van der Waals surface area contributed by atoms with Crippen molar-refractivity contribution in [1.82, 2.24) is 14.9 Å². The van der Waals surface area contributed by atoms with Gasteiger partial charge in [-0.1, -0.05) is 18.2 Å². The predicted molar refractivity (Wildman–Crippen MR) is 91.3 cm³/mol. The molecule has 0 aliphatic carbocycles. The Labute approximate surface area is 136 Å². The lowest BCUT2D eigenvalue weighted by molar-refractivity contribution is 0.340. The second-order valence-corrected chi connectivity index (χ2v) is 5.75. The summed E-state index contributed by atoms with van der Waals surface area (Å²) >= 11 is 6.87. The lowest BCUT2D eigenvalue weighted by atomic mass is 10.2. The molecular formula is C15H14N4OS2. The van der Waals surface area contributed by atoms with Crippen molar-refractivity contribution in [3.63, 3.8) is 0 Å². The maximum absolute atomic E-state index is 5.52. The van der Waals surface area contributed by atoms with Crippen LogP contribution in [-0.4, -0.2) is 27.7 Å².